The Morgan fingerprint density at radius 1 is 1.35 bits per heavy atom. The Morgan fingerprint density at radius 2 is 2.05 bits per heavy atom. The molecule has 1 aliphatic carbocycles. The van der Waals surface area contributed by atoms with Crippen LogP contribution in [0.4, 0.5) is 0 Å². The van der Waals surface area contributed by atoms with Gasteiger partial charge in [-0.1, -0.05) is 20.8 Å². The maximum Gasteiger partial charge on any atom is 0.127 e. The van der Waals surface area contributed by atoms with E-state index < -0.39 is 0 Å². The first-order valence-corrected chi connectivity index (χ1v) is 7.64. The van der Waals surface area contributed by atoms with Crippen molar-refractivity contribution in [2.45, 2.75) is 66.5 Å². The number of aryl methyl sites for hydroxylation is 2. The van der Waals surface area contributed by atoms with E-state index in [1.165, 1.54) is 6.42 Å². The molecule has 0 bridgehead atoms. The summed E-state index contributed by atoms with van der Waals surface area (Å²) >= 11 is 0. The zero-order valence-electron chi connectivity index (χ0n) is 13.5. The summed E-state index contributed by atoms with van der Waals surface area (Å²) in [5, 5.41) is 0. The predicted molar refractivity (Wildman–Crippen MR) is 82.8 cm³/mol. The summed E-state index contributed by atoms with van der Waals surface area (Å²) < 4.78 is 6.33. The van der Waals surface area contributed by atoms with Gasteiger partial charge in [0, 0.05) is 29.6 Å². The Kier molecular flexibility index (Phi) is 4.38. The van der Waals surface area contributed by atoms with Crippen LogP contribution in [0.5, 0.6) is 5.75 Å². The standard InChI is InChI=1S/C17H28N2O/c1-11-6-14(9-17(4,5)8-11)20-16-7-12(2)19-13(3)15(16)10-18/h7,11,14H,6,8-10,18H2,1-5H3. The van der Waals surface area contributed by atoms with Gasteiger partial charge in [-0.2, -0.15) is 0 Å². The van der Waals surface area contributed by atoms with Crippen LogP contribution in [0.3, 0.4) is 0 Å². The summed E-state index contributed by atoms with van der Waals surface area (Å²) in [7, 11) is 0. The third kappa shape index (κ3) is 3.51. The first-order chi connectivity index (χ1) is 9.30. The molecule has 1 fully saturated rings. The smallest absolute Gasteiger partial charge is 0.127 e. The summed E-state index contributed by atoms with van der Waals surface area (Å²) in [6.07, 6.45) is 3.82. The van der Waals surface area contributed by atoms with Gasteiger partial charge in [0.2, 0.25) is 0 Å². The van der Waals surface area contributed by atoms with Gasteiger partial charge < -0.3 is 10.5 Å². The van der Waals surface area contributed by atoms with Crippen molar-refractivity contribution in [3.05, 3.63) is 23.0 Å². The lowest BCUT2D eigenvalue weighted by atomic mass is 9.71. The van der Waals surface area contributed by atoms with Crippen LogP contribution in [0.1, 0.15) is 57.0 Å². The molecule has 2 atom stereocenters. The summed E-state index contributed by atoms with van der Waals surface area (Å²) in [6.45, 7) is 11.5. The maximum atomic E-state index is 6.33. The van der Waals surface area contributed by atoms with E-state index in [2.05, 4.69) is 25.8 Å². The minimum absolute atomic E-state index is 0.292. The van der Waals surface area contributed by atoms with Gasteiger partial charge in [0.15, 0.2) is 0 Å². The molecule has 1 aromatic rings. The highest BCUT2D eigenvalue weighted by Crippen LogP contribution is 2.40. The molecule has 3 nitrogen and oxygen atoms in total. The number of rotatable bonds is 3. The molecule has 112 valence electrons. The molecule has 0 aliphatic heterocycles. The van der Waals surface area contributed by atoms with E-state index in [0.29, 0.717) is 24.0 Å². The molecule has 0 radical (unpaired) electrons. The SMILES string of the molecule is Cc1cc(OC2CC(C)CC(C)(C)C2)c(CN)c(C)n1. The monoisotopic (exact) mass is 276 g/mol. The molecule has 0 aromatic carbocycles. The van der Waals surface area contributed by atoms with Gasteiger partial charge in [0.1, 0.15) is 5.75 Å². The van der Waals surface area contributed by atoms with Gasteiger partial charge >= 0.3 is 0 Å². The Morgan fingerprint density at radius 3 is 2.65 bits per heavy atom. The van der Waals surface area contributed by atoms with Gasteiger partial charge in [-0.25, -0.2) is 0 Å². The van der Waals surface area contributed by atoms with Crippen molar-refractivity contribution in [1.29, 1.82) is 0 Å². The second kappa shape index (κ2) is 5.72. The number of ether oxygens (including phenoxy) is 1. The number of aromatic nitrogens is 1. The Labute approximate surface area is 122 Å². The third-order valence-electron chi connectivity index (χ3n) is 4.26. The number of hydrogen-bond acceptors (Lipinski definition) is 3. The van der Waals surface area contributed by atoms with E-state index in [0.717, 1.165) is 35.5 Å². The normalized spacial score (nSPS) is 25.5. The van der Waals surface area contributed by atoms with Crippen molar-refractivity contribution in [3.63, 3.8) is 0 Å². The van der Waals surface area contributed by atoms with Crippen molar-refractivity contribution in [2.24, 2.45) is 17.1 Å². The predicted octanol–water partition coefficient (Wildman–Crippen LogP) is 3.75. The lowest BCUT2D eigenvalue weighted by molar-refractivity contribution is 0.0555. The van der Waals surface area contributed by atoms with E-state index >= 15 is 0 Å². The molecule has 1 saturated carbocycles. The Bertz CT molecular complexity index is 482. The zero-order chi connectivity index (χ0) is 14.9. The molecule has 20 heavy (non-hydrogen) atoms. The van der Waals surface area contributed by atoms with Crippen molar-refractivity contribution in [2.75, 3.05) is 0 Å². The summed E-state index contributed by atoms with van der Waals surface area (Å²) in [6, 6.07) is 2.03. The molecule has 2 N–H and O–H groups in total. The average molecular weight is 276 g/mol. The highest BCUT2D eigenvalue weighted by atomic mass is 16.5. The number of hydrogen-bond donors (Lipinski definition) is 1. The molecule has 1 aliphatic rings. The number of nitrogens with zero attached hydrogens (tertiary/aromatic N) is 1. The molecule has 0 spiro atoms. The van der Waals surface area contributed by atoms with Gasteiger partial charge in [-0.05, 0) is 44.4 Å². The lowest BCUT2D eigenvalue weighted by Gasteiger charge is -2.39. The van der Waals surface area contributed by atoms with E-state index in [1.807, 2.05) is 19.9 Å². The Balaban J connectivity index is 2.21. The topological polar surface area (TPSA) is 48.1 Å². The highest BCUT2D eigenvalue weighted by molar-refractivity contribution is 5.37. The molecule has 3 heteroatoms. The highest BCUT2D eigenvalue weighted by Gasteiger charge is 2.33. The van der Waals surface area contributed by atoms with Crippen LogP contribution >= 0.6 is 0 Å². The minimum Gasteiger partial charge on any atom is -0.490 e. The second-order valence-corrected chi connectivity index (χ2v) is 7.18. The molecular formula is C17H28N2O. The van der Waals surface area contributed by atoms with Crippen LogP contribution in [0.25, 0.3) is 0 Å². The van der Waals surface area contributed by atoms with E-state index in [-0.39, 0.29) is 0 Å². The third-order valence-corrected chi connectivity index (χ3v) is 4.26. The zero-order valence-corrected chi connectivity index (χ0v) is 13.5. The number of pyridine rings is 1. The van der Waals surface area contributed by atoms with Gasteiger partial charge in [-0.15, -0.1) is 0 Å². The average Bonchev–Trinajstić information content (AvgIpc) is 2.25. The summed E-state index contributed by atoms with van der Waals surface area (Å²) in [4.78, 5) is 4.48. The molecule has 1 aromatic heterocycles. The lowest BCUT2D eigenvalue weighted by Crippen LogP contribution is -2.34. The van der Waals surface area contributed by atoms with Crippen LogP contribution in [-0.2, 0) is 6.54 Å². The second-order valence-electron chi connectivity index (χ2n) is 7.18. The quantitative estimate of drug-likeness (QED) is 0.914. The van der Waals surface area contributed by atoms with Gasteiger partial charge in [0.05, 0.1) is 6.10 Å². The fraction of sp³-hybridized carbons (Fsp3) is 0.706. The first-order valence-electron chi connectivity index (χ1n) is 7.64. The fourth-order valence-electron chi connectivity index (χ4n) is 3.70. The largest absolute Gasteiger partial charge is 0.490 e. The van der Waals surface area contributed by atoms with Crippen molar-refractivity contribution in [1.82, 2.24) is 4.98 Å². The van der Waals surface area contributed by atoms with Crippen molar-refractivity contribution >= 4 is 0 Å². The van der Waals surface area contributed by atoms with Crippen molar-refractivity contribution < 1.29 is 4.74 Å². The molecule has 2 rings (SSSR count). The minimum atomic E-state index is 0.292. The van der Waals surface area contributed by atoms with Gasteiger partial charge in [-0.3, -0.25) is 4.98 Å². The summed E-state index contributed by atoms with van der Waals surface area (Å²) in [5.41, 5.74) is 9.27. The van der Waals surface area contributed by atoms with Crippen LogP contribution in [-0.4, -0.2) is 11.1 Å². The molecule has 0 saturated heterocycles. The van der Waals surface area contributed by atoms with Crippen LogP contribution in [0, 0.1) is 25.2 Å². The summed E-state index contributed by atoms with van der Waals surface area (Å²) in [5.74, 6) is 1.65. The molecule has 2 unspecified atom stereocenters. The van der Waals surface area contributed by atoms with Crippen LogP contribution in [0.2, 0.25) is 0 Å². The van der Waals surface area contributed by atoms with E-state index in [1.54, 1.807) is 0 Å². The molecular weight excluding hydrogens is 248 g/mol. The first kappa shape index (κ1) is 15.3. The van der Waals surface area contributed by atoms with Crippen molar-refractivity contribution in [3.8, 4) is 5.75 Å². The van der Waals surface area contributed by atoms with Gasteiger partial charge in [0.25, 0.3) is 0 Å². The van der Waals surface area contributed by atoms with Crippen LogP contribution in [0.15, 0.2) is 6.07 Å². The number of nitrogens with two attached hydrogens (primary N) is 1. The van der Waals surface area contributed by atoms with E-state index in [4.69, 9.17) is 10.5 Å². The molecule has 1 heterocycles. The Hall–Kier alpha value is -1.09. The van der Waals surface area contributed by atoms with Crippen LogP contribution < -0.4 is 10.5 Å². The fourth-order valence-corrected chi connectivity index (χ4v) is 3.70. The molecule has 0 amide bonds. The maximum absolute atomic E-state index is 6.33. The van der Waals surface area contributed by atoms with E-state index in [9.17, 15) is 0 Å².